The Morgan fingerprint density at radius 1 is 1.12 bits per heavy atom. The van der Waals surface area contributed by atoms with Gasteiger partial charge in [0.05, 0.1) is 26.2 Å². The number of carbonyl (C=O) groups excluding carboxylic acids is 1. The molecule has 1 amide bonds. The molecule has 3 rings (SSSR count). The molecule has 4 nitrogen and oxygen atoms in total. The minimum atomic E-state index is -0.302. The fourth-order valence-electron chi connectivity index (χ4n) is 3.36. The highest BCUT2D eigenvalue weighted by Gasteiger charge is 2.29. The normalized spacial score (nSPS) is 16.5. The van der Waals surface area contributed by atoms with Crippen molar-refractivity contribution in [3.8, 4) is 0 Å². The van der Waals surface area contributed by atoms with Gasteiger partial charge >= 0.3 is 0 Å². The smallest absolute Gasteiger partial charge is 0.282 e. The fraction of sp³-hybridized carbons (Fsp3) is 0.350. The van der Waals surface area contributed by atoms with Crippen LogP contribution in [0.4, 0.5) is 15.8 Å². The zero-order chi connectivity index (χ0) is 17.8. The lowest BCUT2D eigenvalue weighted by atomic mass is 10.1. The molecule has 1 fully saturated rings. The molecule has 0 aromatic heterocycles. The van der Waals surface area contributed by atoms with Crippen LogP contribution in [-0.4, -0.2) is 38.1 Å². The minimum Gasteiger partial charge on any atom is -0.360 e. The Morgan fingerprint density at radius 2 is 1.76 bits per heavy atom. The van der Waals surface area contributed by atoms with Crippen LogP contribution in [0.1, 0.15) is 12.5 Å². The van der Waals surface area contributed by atoms with E-state index in [4.69, 9.17) is 0 Å². The van der Waals surface area contributed by atoms with Gasteiger partial charge in [-0.15, -0.1) is 0 Å². The Balaban J connectivity index is 1.56. The molecule has 132 valence electrons. The summed E-state index contributed by atoms with van der Waals surface area (Å²) in [6, 6.07) is 14.2. The lowest BCUT2D eigenvalue weighted by Crippen LogP contribution is -3.19. The zero-order valence-electron chi connectivity index (χ0n) is 14.8. The van der Waals surface area contributed by atoms with Crippen LogP contribution < -0.4 is 15.1 Å². The second-order valence-corrected chi connectivity index (χ2v) is 6.65. The molecule has 0 bridgehead atoms. The molecular weight excluding hydrogens is 317 g/mol. The van der Waals surface area contributed by atoms with Crippen molar-refractivity contribution >= 4 is 17.3 Å². The highest BCUT2D eigenvalue weighted by Crippen LogP contribution is 2.19. The van der Waals surface area contributed by atoms with Crippen molar-refractivity contribution in [2.24, 2.45) is 0 Å². The van der Waals surface area contributed by atoms with E-state index in [1.807, 2.05) is 6.92 Å². The quantitative estimate of drug-likeness (QED) is 0.890. The molecule has 1 saturated heterocycles. The van der Waals surface area contributed by atoms with E-state index in [9.17, 15) is 9.18 Å². The van der Waals surface area contributed by atoms with Crippen LogP contribution in [0.5, 0.6) is 0 Å². The van der Waals surface area contributed by atoms with Crippen LogP contribution >= 0.6 is 0 Å². The first-order chi connectivity index (χ1) is 12.0. The van der Waals surface area contributed by atoms with Crippen molar-refractivity contribution in [1.82, 2.24) is 0 Å². The average molecular weight is 342 g/mol. The molecule has 0 unspecified atom stereocenters. The van der Waals surface area contributed by atoms with E-state index in [2.05, 4.69) is 41.4 Å². The van der Waals surface area contributed by atoms with Gasteiger partial charge in [-0.25, -0.2) is 4.39 Å². The number of aryl methyl sites for hydroxylation is 1. The Morgan fingerprint density at radius 3 is 2.40 bits per heavy atom. The highest BCUT2D eigenvalue weighted by atomic mass is 19.1. The number of quaternary nitrogens is 1. The van der Waals surface area contributed by atoms with Crippen LogP contribution in [0.15, 0.2) is 48.5 Å². The van der Waals surface area contributed by atoms with Crippen molar-refractivity contribution in [2.45, 2.75) is 19.9 Å². The molecule has 1 aliphatic heterocycles. The summed E-state index contributed by atoms with van der Waals surface area (Å²) in [6.45, 7) is 7.81. The van der Waals surface area contributed by atoms with E-state index in [1.165, 1.54) is 28.3 Å². The minimum absolute atomic E-state index is 0.0223. The lowest BCUT2D eigenvalue weighted by Gasteiger charge is -2.36. The van der Waals surface area contributed by atoms with E-state index in [-0.39, 0.29) is 17.8 Å². The predicted octanol–water partition coefficient (Wildman–Crippen LogP) is 1.87. The maximum atomic E-state index is 13.0. The monoisotopic (exact) mass is 342 g/mol. The first-order valence-electron chi connectivity index (χ1n) is 8.76. The number of para-hydroxylation sites is 1. The largest absolute Gasteiger partial charge is 0.360 e. The number of amides is 1. The summed E-state index contributed by atoms with van der Waals surface area (Å²) in [5, 5.41) is 2.88. The van der Waals surface area contributed by atoms with Gasteiger partial charge in [0.1, 0.15) is 5.82 Å². The Hall–Kier alpha value is -2.40. The Kier molecular flexibility index (Phi) is 5.34. The summed E-state index contributed by atoms with van der Waals surface area (Å²) in [4.78, 5) is 16.1. The third-order valence-corrected chi connectivity index (χ3v) is 4.98. The molecule has 2 aromatic rings. The molecule has 25 heavy (non-hydrogen) atoms. The number of hydrogen-bond donors (Lipinski definition) is 2. The SMILES string of the molecule is Cc1ccccc1N1CC[NH+]([C@H](C)C(=O)Nc2ccc(F)cc2)CC1. The van der Waals surface area contributed by atoms with E-state index in [1.54, 1.807) is 12.1 Å². The molecule has 5 heteroatoms. The second-order valence-electron chi connectivity index (χ2n) is 6.65. The zero-order valence-corrected chi connectivity index (χ0v) is 14.8. The Labute approximate surface area is 148 Å². The molecule has 2 aromatic carbocycles. The topological polar surface area (TPSA) is 36.8 Å². The maximum Gasteiger partial charge on any atom is 0.282 e. The first kappa shape index (κ1) is 17.4. The predicted molar refractivity (Wildman–Crippen MR) is 98.6 cm³/mol. The van der Waals surface area contributed by atoms with Crippen molar-refractivity contribution in [3.05, 3.63) is 59.9 Å². The first-order valence-corrected chi connectivity index (χ1v) is 8.76. The van der Waals surface area contributed by atoms with Crippen molar-refractivity contribution < 1.29 is 14.1 Å². The summed E-state index contributed by atoms with van der Waals surface area (Å²) in [7, 11) is 0. The average Bonchev–Trinajstić information content (AvgIpc) is 2.63. The molecule has 0 aliphatic carbocycles. The molecule has 2 N–H and O–H groups in total. The molecule has 1 aliphatic rings. The van der Waals surface area contributed by atoms with Crippen molar-refractivity contribution in [3.63, 3.8) is 0 Å². The number of anilines is 2. The summed E-state index contributed by atoms with van der Waals surface area (Å²) in [5.41, 5.74) is 3.20. The number of halogens is 1. The van der Waals surface area contributed by atoms with E-state index in [0.29, 0.717) is 5.69 Å². The number of piperazine rings is 1. The molecular formula is C20H25FN3O+. The van der Waals surface area contributed by atoms with Crippen molar-refractivity contribution in [1.29, 1.82) is 0 Å². The summed E-state index contributed by atoms with van der Waals surface area (Å²) in [5.74, 6) is -0.324. The summed E-state index contributed by atoms with van der Waals surface area (Å²) < 4.78 is 13.0. The van der Waals surface area contributed by atoms with Crippen molar-refractivity contribution in [2.75, 3.05) is 36.4 Å². The number of carbonyl (C=O) groups is 1. The molecule has 0 radical (unpaired) electrons. The van der Waals surface area contributed by atoms with Crippen LogP contribution in [0.3, 0.4) is 0 Å². The number of benzene rings is 2. The molecule has 1 atom stereocenters. The van der Waals surface area contributed by atoms with Crippen LogP contribution in [0, 0.1) is 12.7 Å². The molecule has 0 saturated carbocycles. The summed E-state index contributed by atoms with van der Waals surface area (Å²) >= 11 is 0. The van der Waals surface area contributed by atoms with Crippen LogP contribution in [0.2, 0.25) is 0 Å². The van der Waals surface area contributed by atoms with E-state index >= 15 is 0 Å². The number of rotatable bonds is 4. The van der Waals surface area contributed by atoms with E-state index in [0.717, 1.165) is 26.2 Å². The fourth-order valence-corrected chi connectivity index (χ4v) is 3.36. The number of hydrogen-bond acceptors (Lipinski definition) is 2. The number of nitrogens with one attached hydrogen (secondary N) is 2. The second kappa shape index (κ2) is 7.66. The highest BCUT2D eigenvalue weighted by molar-refractivity contribution is 5.93. The standard InChI is InChI=1S/C20H24FN3O/c1-15-5-3-4-6-19(15)24-13-11-23(12-14-24)16(2)20(25)22-18-9-7-17(21)8-10-18/h3-10,16H,11-14H2,1-2H3,(H,22,25)/p+1/t16-/m1/s1. The third kappa shape index (κ3) is 4.17. The maximum absolute atomic E-state index is 13.0. The van der Waals surface area contributed by atoms with Gasteiger partial charge in [0, 0.05) is 11.4 Å². The van der Waals surface area contributed by atoms with Gasteiger partial charge in [-0.3, -0.25) is 4.79 Å². The van der Waals surface area contributed by atoms with Crippen LogP contribution in [0.25, 0.3) is 0 Å². The number of nitrogens with zero attached hydrogens (tertiary/aromatic N) is 1. The van der Waals surface area contributed by atoms with Crippen LogP contribution in [-0.2, 0) is 4.79 Å². The van der Waals surface area contributed by atoms with Gasteiger partial charge in [0.25, 0.3) is 5.91 Å². The summed E-state index contributed by atoms with van der Waals surface area (Å²) in [6.07, 6.45) is 0. The third-order valence-electron chi connectivity index (χ3n) is 4.98. The molecule has 0 spiro atoms. The Bertz CT molecular complexity index is 724. The van der Waals surface area contributed by atoms with Gasteiger partial charge < -0.3 is 15.1 Å². The van der Waals surface area contributed by atoms with Gasteiger partial charge in [-0.1, -0.05) is 18.2 Å². The van der Waals surface area contributed by atoms with Gasteiger partial charge in [0.15, 0.2) is 6.04 Å². The van der Waals surface area contributed by atoms with E-state index < -0.39 is 0 Å². The lowest BCUT2D eigenvalue weighted by molar-refractivity contribution is -0.914. The van der Waals surface area contributed by atoms with Gasteiger partial charge in [-0.05, 0) is 49.7 Å². The van der Waals surface area contributed by atoms with Gasteiger partial charge in [-0.2, -0.15) is 0 Å². The molecule has 1 heterocycles. The van der Waals surface area contributed by atoms with Gasteiger partial charge in [0.2, 0.25) is 0 Å².